The van der Waals surface area contributed by atoms with Gasteiger partial charge in [0.15, 0.2) is 11.5 Å². The van der Waals surface area contributed by atoms with E-state index in [1.165, 1.54) is 12.3 Å². The third-order valence-corrected chi connectivity index (χ3v) is 5.88. The molecule has 0 aliphatic rings. The summed E-state index contributed by atoms with van der Waals surface area (Å²) < 4.78 is 55.1. The molecule has 33 heavy (non-hydrogen) atoms. The summed E-state index contributed by atoms with van der Waals surface area (Å²) in [6.07, 6.45) is 1.58. The maximum Gasteiger partial charge on any atom is 0.261 e. The van der Waals surface area contributed by atoms with Gasteiger partial charge in [0.2, 0.25) is 10.0 Å². The molecule has 0 saturated carbocycles. The van der Waals surface area contributed by atoms with Crippen LogP contribution in [-0.4, -0.2) is 48.3 Å². The lowest BCUT2D eigenvalue weighted by Crippen LogP contribution is -2.20. The molecule has 4 N–H and O–H groups in total. The third kappa shape index (κ3) is 5.82. The summed E-state index contributed by atoms with van der Waals surface area (Å²) in [6, 6.07) is 3.26. The van der Waals surface area contributed by atoms with Gasteiger partial charge in [-0.15, -0.1) is 0 Å². The molecule has 174 valence electrons. The van der Waals surface area contributed by atoms with Gasteiger partial charge in [0.25, 0.3) is 5.91 Å². The maximum atomic E-state index is 14.8. The molecule has 2 heterocycles. The summed E-state index contributed by atoms with van der Waals surface area (Å²) in [5, 5.41) is 12.7. The number of nitrogens with one attached hydrogen (secondary N) is 4. The van der Waals surface area contributed by atoms with E-state index in [1.54, 1.807) is 6.92 Å². The second kappa shape index (κ2) is 10.4. The molecule has 3 aromatic rings. The van der Waals surface area contributed by atoms with Crippen LogP contribution in [-0.2, 0) is 10.0 Å². The molecule has 0 atom stereocenters. The van der Waals surface area contributed by atoms with Gasteiger partial charge in [-0.25, -0.2) is 22.2 Å². The molecule has 0 aliphatic carbocycles. The van der Waals surface area contributed by atoms with Crippen LogP contribution in [0.4, 0.5) is 20.2 Å². The van der Waals surface area contributed by atoms with Crippen molar-refractivity contribution in [1.29, 1.82) is 0 Å². The minimum absolute atomic E-state index is 0.152. The van der Waals surface area contributed by atoms with Crippen LogP contribution in [0.15, 0.2) is 24.4 Å². The van der Waals surface area contributed by atoms with Crippen LogP contribution in [0.25, 0.3) is 11.0 Å². The first-order valence-corrected chi connectivity index (χ1v) is 11.7. The lowest BCUT2D eigenvalue weighted by atomic mass is 10.1. The first-order chi connectivity index (χ1) is 15.8. The maximum absolute atomic E-state index is 14.8. The van der Waals surface area contributed by atoms with Crippen LogP contribution in [0.1, 0.15) is 36.3 Å². The Bertz CT molecular complexity index is 1350. The number of anilines is 2. The zero-order valence-electron chi connectivity index (χ0n) is 17.9. The van der Waals surface area contributed by atoms with Crippen LogP contribution in [0.3, 0.4) is 0 Å². The minimum Gasteiger partial charge on any atom is -0.320 e. The van der Waals surface area contributed by atoms with Crippen LogP contribution in [0.5, 0.6) is 0 Å². The van der Waals surface area contributed by atoms with Gasteiger partial charge in [0.05, 0.1) is 35.3 Å². The van der Waals surface area contributed by atoms with Crippen LogP contribution < -0.4 is 15.4 Å². The molecule has 0 saturated heterocycles. The molecule has 1 aromatic carbocycles. The van der Waals surface area contributed by atoms with Gasteiger partial charge in [-0.2, -0.15) is 5.10 Å². The molecule has 0 bridgehead atoms. The average molecular weight is 477 g/mol. The molecule has 0 aliphatic heterocycles. The number of aromatic nitrogens is 3. The van der Waals surface area contributed by atoms with Crippen molar-refractivity contribution in [3.05, 3.63) is 47.3 Å². The Balaban J connectivity index is 1.87. The van der Waals surface area contributed by atoms with Gasteiger partial charge in [-0.05, 0) is 37.1 Å². The molecule has 3 rings (SSSR count). The number of aromatic amines is 1. The van der Waals surface area contributed by atoms with E-state index in [4.69, 9.17) is 0 Å². The predicted octanol–water partition coefficient (Wildman–Crippen LogP) is 2.60. The van der Waals surface area contributed by atoms with E-state index in [0.717, 1.165) is 18.7 Å². The molecule has 9 nitrogen and oxygen atoms in total. The van der Waals surface area contributed by atoms with Crippen LogP contribution >= 0.6 is 0 Å². The number of carbonyl (C=O) groups excluding carboxylic acids is 1. The zero-order valence-corrected chi connectivity index (χ0v) is 18.7. The van der Waals surface area contributed by atoms with E-state index in [9.17, 15) is 22.0 Å². The normalized spacial score (nSPS) is 11.2. The minimum atomic E-state index is -3.84. The van der Waals surface area contributed by atoms with Crippen LogP contribution in [0, 0.1) is 23.5 Å². The van der Waals surface area contributed by atoms with E-state index >= 15 is 0 Å². The van der Waals surface area contributed by atoms with Crippen molar-refractivity contribution in [3.8, 4) is 11.8 Å². The molecule has 2 aromatic heterocycles. The quantitative estimate of drug-likeness (QED) is 0.292. The summed E-state index contributed by atoms with van der Waals surface area (Å²) in [5.41, 5.74) is -0.470. The van der Waals surface area contributed by atoms with Crippen LogP contribution in [0.2, 0.25) is 0 Å². The SMILES string of the molecule is CCCS(=O)(=O)Nc1ccc(F)c(C(=O)Nc2cnc3n[nH]c(C#CCNCC)c3c2)c1F. The molecule has 12 heteroatoms. The van der Waals surface area contributed by atoms with Gasteiger partial charge in [-0.3, -0.25) is 14.6 Å². The number of hydrogen-bond donors (Lipinski definition) is 4. The Morgan fingerprint density at radius 2 is 2.03 bits per heavy atom. The Kier molecular flexibility index (Phi) is 7.57. The fraction of sp³-hybridized carbons (Fsp3) is 0.286. The highest BCUT2D eigenvalue weighted by atomic mass is 32.2. The summed E-state index contributed by atoms with van der Waals surface area (Å²) in [7, 11) is -3.84. The molecule has 1 amide bonds. The van der Waals surface area contributed by atoms with E-state index < -0.39 is 38.8 Å². The number of benzene rings is 1. The van der Waals surface area contributed by atoms with Crippen molar-refractivity contribution in [3.63, 3.8) is 0 Å². The zero-order chi connectivity index (χ0) is 24.0. The number of nitrogens with zero attached hydrogens (tertiary/aromatic N) is 2. The monoisotopic (exact) mass is 476 g/mol. The average Bonchev–Trinajstić information content (AvgIpc) is 3.15. The fourth-order valence-corrected chi connectivity index (χ4v) is 4.04. The number of pyridine rings is 1. The van der Waals surface area contributed by atoms with Gasteiger partial charge >= 0.3 is 0 Å². The van der Waals surface area contributed by atoms with Crippen molar-refractivity contribution in [2.24, 2.45) is 0 Å². The van der Waals surface area contributed by atoms with E-state index in [0.29, 0.717) is 29.7 Å². The summed E-state index contributed by atoms with van der Waals surface area (Å²) in [4.78, 5) is 16.8. The lowest BCUT2D eigenvalue weighted by molar-refractivity contribution is 0.101. The smallest absolute Gasteiger partial charge is 0.261 e. The lowest BCUT2D eigenvalue weighted by Gasteiger charge is -2.12. The predicted molar refractivity (Wildman–Crippen MR) is 121 cm³/mol. The number of amides is 1. The fourth-order valence-electron chi connectivity index (χ4n) is 2.90. The number of halogens is 2. The molecular formula is C21H22F2N6O3S. The third-order valence-electron chi connectivity index (χ3n) is 4.40. The standard InChI is InChI=1S/C21H22F2N6O3S/c1-3-10-33(31,32)29-17-8-7-15(22)18(19(17)23)21(30)26-13-11-14-16(6-5-9-24-4-2)27-28-20(14)25-12-13/h7-8,11-12,24,29H,3-4,9-10H2,1-2H3,(H,26,30)(H,25,27,28). The van der Waals surface area contributed by atoms with Gasteiger partial charge < -0.3 is 10.6 Å². The largest absolute Gasteiger partial charge is 0.320 e. The van der Waals surface area contributed by atoms with Crippen molar-refractivity contribution >= 4 is 38.3 Å². The molecule has 0 fully saturated rings. The Morgan fingerprint density at radius 3 is 2.76 bits per heavy atom. The summed E-state index contributed by atoms with van der Waals surface area (Å²) >= 11 is 0. The molecule has 0 spiro atoms. The molecule has 0 unspecified atom stereocenters. The summed E-state index contributed by atoms with van der Waals surface area (Å²) in [6.45, 7) is 4.83. The second-order valence-corrected chi connectivity index (χ2v) is 8.78. The summed E-state index contributed by atoms with van der Waals surface area (Å²) in [5.74, 6) is 2.00. The number of H-pyrrole nitrogens is 1. The highest BCUT2D eigenvalue weighted by molar-refractivity contribution is 7.92. The number of hydrogen-bond acceptors (Lipinski definition) is 6. The number of fused-ring (bicyclic) bond motifs is 1. The van der Waals surface area contributed by atoms with E-state index in [2.05, 4.69) is 37.7 Å². The van der Waals surface area contributed by atoms with Crippen molar-refractivity contribution in [1.82, 2.24) is 20.5 Å². The van der Waals surface area contributed by atoms with Crippen molar-refractivity contribution in [2.45, 2.75) is 20.3 Å². The van der Waals surface area contributed by atoms with Crippen molar-refractivity contribution in [2.75, 3.05) is 28.9 Å². The molecular weight excluding hydrogens is 454 g/mol. The first kappa shape index (κ1) is 24.1. The Morgan fingerprint density at radius 1 is 1.24 bits per heavy atom. The first-order valence-electron chi connectivity index (χ1n) is 10.1. The highest BCUT2D eigenvalue weighted by Gasteiger charge is 2.23. The number of carbonyl (C=O) groups is 1. The topological polar surface area (TPSA) is 129 Å². The molecule has 0 radical (unpaired) electrons. The second-order valence-electron chi connectivity index (χ2n) is 6.93. The van der Waals surface area contributed by atoms with E-state index in [1.807, 2.05) is 11.6 Å². The van der Waals surface area contributed by atoms with Gasteiger partial charge in [-0.1, -0.05) is 19.8 Å². The van der Waals surface area contributed by atoms with Crippen molar-refractivity contribution < 1.29 is 22.0 Å². The van der Waals surface area contributed by atoms with E-state index in [-0.39, 0.29) is 11.4 Å². The Labute approximate surface area is 189 Å². The number of sulfonamides is 1. The Hall–Kier alpha value is -3.56. The number of rotatable bonds is 8. The van der Waals surface area contributed by atoms with Gasteiger partial charge in [0, 0.05) is 0 Å². The van der Waals surface area contributed by atoms with Gasteiger partial charge in [0.1, 0.15) is 17.1 Å². The highest BCUT2D eigenvalue weighted by Crippen LogP contribution is 2.24.